The molecular formula is C11H12BrNO5. The number of nitrogens with zero attached hydrogens (tertiary/aromatic N) is 1. The van der Waals surface area contributed by atoms with Gasteiger partial charge in [0.05, 0.1) is 24.7 Å². The van der Waals surface area contributed by atoms with Gasteiger partial charge in [0.15, 0.2) is 4.67 Å². The molecule has 1 atom stereocenters. The van der Waals surface area contributed by atoms with Crippen LogP contribution < -0.4 is 0 Å². The van der Waals surface area contributed by atoms with E-state index in [0.29, 0.717) is 23.4 Å². The second kappa shape index (κ2) is 5.53. The van der Waals surface area contributed by atoms with E-state index in [9.17, 15) is 9.59 Å². The summed E-state index contributed by atoms with van der Waals surface area (Å²) in [7, 11) is 0. The number of hydrogen-bond acceptors (Lipinski definition) is 4. The van der Waals surface area contributed by atoms with Crippen molar-refractivity contribution in [3.63, 3.8) is 0 Å². The molecule has 7 heteroatoms. The molecule has 1 aliphatic rings. The third-order valence-electron chi connectivity index (χ3n) is 2.64. The van der Waals surface area contributed by atoms with Gasteiger partial charge in [-0.1, -0.05) is 0 Å². The molecule has 0 unspecified atom stereocenters. The van der Waals surface area contributed by atoms with Gasteiger partial charge in [-0.05, 0) is 15.9 Å². The first-order valence-electron chi connectivity index (χ1n) is 5.43. The van der Waals surface area contributed by atoms with Gasteiger partial charge in [-0.15, -0.1) is 0 Å². The summed E-state index contributed by atoms with van der Waals surface area (Å²) < 4.78 is 10.8. The summed E-state index contributed by atoms with van der Waals surface area (Å²) in [6.45, 7) is 1.09. The molecular weight excluding hydrogens is 306 g/mol. The standard InChI is InChI=1S/C11H12BrNO5/c12-9-3-7(6-18-9)11(16)13-1-2-17-8(5-13)4-10(14)15/h3,6,8H,1-2,4-5H2,(H,14,15)/t8-/m0/s1. The third kappa shape index (κ3) is 3.11. The van der Waals surface area contributed by atoms with Crippen LogP contribution in [-0.2, 0) is 9.53 Å². The number of halogens is 1. The number of carboxylic acid groups (broad SMARTS) is 1. The first-order valence-corrected chi connectivity index (χ1v) is 6.22. The molecule has 1 saturated heterocycles. The Morgan fingerprint density at radius 1 is 1.56 bits per heavy atom. The fourth-order valence-corrected chi connectivity index (χ4v) is 2.17. The molecule has 0 aliphatic carbocycles. The number of rotatable bonds is 3. The smallest absolute Gasteiger partial charge is 0.306 e. The van der Waals surface area contributed by atoms with E-state index in [4.69, 9.17) is 14.3 Å². The van der Waals surface area contributed by atoms with Crippen LogP contribution in [-0.4, -0.2) is 47.7 Å². The van der Waals surface area contributed by atoms with Gasteiger partial charge in [0, 0.05) is 19.2 Å². The van der Waals surface area contributed by atoms with Gasteiger partial charge < -0.3 is 19.2 Å². The number of amides is 1. The van der Waals surface area contributed by atoms with E-state index in [1.165, 1.54) is 6.26 Å². The topological polar surface area (TPSA) is 80.0 Å². The van der Waals surface area contributed by atoms with E-state index in [1.54, 1.807) is 11.0 Å². The minimum absolute atomic E-state index is 0.0984. The summed E-state index contributed by atoms with van der Waals surface area (Å²) in [5.41, 5.74) is 0.442. The molecule has 0 bridgehead atoms. The Bertz CT molecular complexity index is 458. The van der Waals surface area contributed by atoms with Gasteiger partial charge in [-0.25, -0.2) is 0 Å². The van der Waals surface area contributed by atoms with E-state index in [-0.39, 0.29) is 18.9 Å². The fourth-order valence-electron chi connectivity index (χ4n) is 1.83. The quantitative estimate of drug-likeness (QED) is 0.910. The highest BCUT2D eigenvalue weighted by atomic mass is 79.9. The first kappa shape index (κ1) is 13.1. The van der Waals surface area contributed by atoms with Crippen LogP contribution >= 0.6 is 15.9 Å². The summed E-state index contributed by atoms with van der Waals surface area (Å²) in [6, 6.07) is 1.59. The van der Waals surface area contributed by atoms with Crippen LogP contribution in [0.4, 0.5) is 0 Å². The predicted molar refractivity (Wildman–Crippen MR) is 64.3 cm³/mol. The fraction of sp³-hybridized carbons (Fsp3) is 0.455. The number of hydrogen-bond donors (Lipinski definition) is 1. The number of carbonyl (C=O) groups excluding carboxylic acids is 1. The van der Waals surface area contributed by atoms with Crippen LogP contribution in [0.1, 0.15) is 16.8 Å². The van der Waals surface area contributed by atoms with Crippen LogP contribution in [0, 0.1) is 0 Å². The van der Waals surface area contributed by atoms with Crippen molar-refractivity contribution in [1.82, 2.24) is 4.90 Å². The zero-order valence-electron chi connectivity index (χ0n) is 9.47. The summed E-state index contributed by atoms with van der Waals surface area (Å²) in [5, 5.41) is 8.71. The number of carboxylic acids is 1. The Labute approximate surface area is 112 Å². The largest absolute Gasteiger partial charge is 0.481 e. The molecule has 0 saturated carbocycles. The van der Waals surface area contributed by atoms with Crippen LogP contribution in [0.2, 0.25) is 0 Å². The van der Waals surface area contributed by atoms with E-state index in [1.807, 2.05) is 0 Å². The van der Waals surface area contributed by atoms with Gasteiger partial charge in [-0.3, -0.25) is 9.59 Å². The summed E-state index contributed by atoms with van der Waals surface area (Å²) >= 11 is 3.13. The Morgan fingerprint density at radius 3 is 2.94 bits per heavy atom. The minimum atomic E-state index is -0.930. The SMILES string of the molecule is O=C(O)C[C@H]1CN(C(=O)c2coc(Br)c2)CCO1. The summed E-state index contributed by atoms with van der Waals surface area (Å²) in [6.07, 6.45) is 0.822. The summed E-state index contributed by atoms with van der Waals surface area (Å²) in [5.74, 6) is -1.11. The number of furan rings is 1. The second-order valence-corrected chi connectivity index (χ2v) is 4.76. The molecule has 1 aromatic heterocycles. The summed E-state index contributed by atoms with van der Waals surface area (Å²) in [4.78, 5) is 24.3. The van der Waals surface area contributed by atoms with Crippen molar-refractivity contribution in [3.05, 3.63) is 22.6 Å². The molecule has 2 heterocycles. The van der Waals surface area contributed by atoms with Crippen molar-refractivity contribution in [2.75, 3.05) is 19.7 Å². The lowest BCUT2D eigenvalue weighted by atomic mass is 10.2. The lowest BCUT2D eigenvalue weighted by Crippen LogP contribution is -2.46. The van der Waals surface area contributed by atoms with Gasteiger partial charge in [0.1, 0.15) is 6.26 Å². The molecule has 0 aromatic carbocycles. The van der Waals surface area contributed by atoms with E-state index >= 15 is 0 Å². The van der Waals surface area contributed by atoms with Crippen LogP contribution in [0.3, 0.4) is 0 Å². The Morgan fingerprint density at radius 2 is 2.33 bits per heavy atom. The van der Waals surface area contributed by atoms with Crippen LogP contribution in [0.25, 0.3) is 0 Å². The Kier molecular flexibility index (Phi) is 4.03. The highest BCUT2D eigenvalue weighted by molar-refractivity contribution is 9.10. The van der Waals surface area contributed by atoms with E-state index in [2.05, 4.69) is 15.9 Å². The van der Waals surface area contributed by atoms with Crippen molar-refractivity contribution in [3.8, 4) is 0 Å². The lowest BCUT2D eigenvalue weighted by Gasteiger charge is -2.32. The number of morpholine rings is 1. The Hall–Kier alpha value is -1.34. The third-order valence-corrected chi connectivity index (χ3v) is 3.06. The average molecular weight is 318 g/mol. The second-order valence-electron chi connectivity index (χ2n) is 3.98. The molecule has 1 aromatic rings. The van der Waals surface area contributed by atoms with Crippen molar-refractivity contribution in [2.24, 2.45) is 0 Å². The van der Waals surface area contributed by atoms with Crippen LogP contribution in [0.15, 0.2) is 21.4 Å². The number of ether oxygens (including phenoxy) is 1. The molecule has 1 N–H and O–H groups in total. The zero-order valence-corrected chi connectivity index (χ0v) is 11.1. The predicted octanol–water partition coefficient (Wildman–Crippen LogP) is 1.36. The Balaban J connectivity index is 2.00. The number of carbonyl (C=O) groups is 2. The van der Waals surface area contributed by atoms with Gasteiger partial charge in [-0.2, -0.15) is 0 Å². The van der Waals surface area contributed by atoms with E-state index in [0.717, 1.165) is 0 Å². The van der Waals surface area contributed by atoms with E-state index < -0.39 is 12.1 Å². The molecule has 2 rings (SSSR count). The van der Waals surface area contributed by atoms with Crippen molar-refractivity contribution >= 4 is 27.8 Å². The van der Waals surface area contributed by atoms with Gasteiger partial charge in [0.2, 0.25) is 0 Å². The molecule has 6 nitrogen and oxygen atoms in total. The molecule has 0 spiro atoms. The highest BCUT2D eigenvalue weighted by Gasteiger charge is 2.27. The van der Waals surface area contributed by atoms with Crippen LogP contribution in [0.5, 0.6) is 0 Å². The molecule has 1 amide bonds. The van der Waals surface area contributed by atoms with Crippen molar-refractivity contribution < 1.29 is 23.8 Å². The normalized spacial score (nSPS) is 19.8. The molecule has 1 aliphatic heterocycles. The first-order chi connectivity index (χ1) is 8.56. The lowest BCUT2D eigenvalue weighted by molar-refractivity contribution is -0.141. The van der Waals surface area contributed by atoms with Gasteiger partial charge >= 0.3 is 5.97 Å². The zero-order chi connectivity index (χ0) is 13.1. The number of aliphatic carboxylic acids is 1. The molecule has 0 radical (unpaired) electrons. The van der Waals surface area contributed by atoms with Gasteiger partial charge in [0.25, 0.3) is 5.91 Å². The van der Waals surface area contributed by atoms with Crippen molar-refractivity contribution in [1.29, 1.82) is 0 Å². The maximum Gasteiger partial charge on any atom is 0.306 e. The van der Waals surface area contributed by atoms with Crippen molar-refractivity contribution in [2.45, 2.75) is 12.5 Å². The molecule has 18 heavy (non-hydrogen) atoms. The minimum Gasteiger partial charge on any atom is -0.481 e. The average Bonchev–Trinajstić information content (AvgIpc) is 2.74. The highest BCUT2D eigenvalue weighted by Crippen LogP contribution is 2.18. The monoisotopic (exact) mass is 317 g/mol. The maximum atomic E-state index is 12.1. The maximum absolute atomic E-state index is 12.1. The molecule has 1 fully saturated rings. The molecule has 98 valence electrons.